The van der Waals surface area contributed by atoms with Crippen molar-refractivity contribution < 1.29 is 19.0 Å². The van der Waals surface area contributed by atoms with Crippen LogP contribution in [0.15, 0.2) is 35.3 Å². The minimum atomic E-state index is -0.408. The molecular weight excluding hydrogens is 360 g/mol. The number of nitrogens with zero attached hydrogens (tertiary/aromatic N) is 1. The number of nitrogens with one attached hydrogen (secondary N) is 1. The van der Waals surface area contributed by atoms with E-state index < -0.39 is 5.60 Å². The number of benzene rings is 1. The molecule has 0 atom stereocenters. The third kappa shape index (κ3) is 3.16. The van der Waals surface area contributed by atoms with Crippen LogP contribution in [0, 0.1) is 0 Å². The molecule has 0 radical (unpaired) electrons. The molecule has 0 unspecified atom stereocenters. The molecule has 7 nitrogen and oxygen atoms in total. The molecule has 1 saturated heterocycles. The molecule has 1 N–H and O–H groups in total. The highest BCUT2D eigenvalue weighted by molar-refractivity contribution is 5.93. The van der Waals surface area contributed by atoms with Gasteiger partial charge in [-0.15, -0.1) is 0 Å². The Balaban J connectivity index is 1.57. The fourth-order valence-corrected chi connectivity index (χ4v) is 4.20. The fraction of sp³-hybridized carbons (Fsp3) is 0.429. The van der Waals surface area contributed by atoms with Gasteiger partial charge in [-0.2, -0.15) is 0 Å². The van der Waals surface area contributed by atoms with Crippen LogP contribution in [0.4, 0.5) is 0 Å². The highest BCUT2D eigenvalue weighted by atomic mass is 16.5. The lowest BCUT2D eigenvalue weighted by atomic mass is 9.79. The topological polar surface area (TPSA) is 80.9 Å². The predicted octanol–water partition coefficient (Wildman–Crippen LogP) is 2.10. The molecule has 1 aromatic heterocycles. The first kappa shape index (κ1) is 18.6. The molecular formula is C21H24N2O5. The number of hydrogen-bond donors (Lipinski definition) is 1. The summed E-state index contributed by atoms with van der Waals surface area (Å²) in [7, 11) is 3.27. The van der Waals surface area contributed by atoms with Gasteiger partial charge in [-0.25, -0.2) is 0 Å². The number of pyridine rings is 1. The summed E-state index contributed by atoms with van der Waals surface area (Å²) in [6.45, 7) is 1.83. The lowest BCUT2D eigenvalue weighted by molar-refractivity contribution is -0.0936. The molecule has 4 rings (SSSR count). The van der Waals surface area contributed by atoms with Gasteiger partial charge in [0.25, 0.3) is 5.91 Å². The van der Waals surface area contributed by atoms with Crippen molar-refractivity contribution in [2.45, 2.75) is 24.9 Å². The maximum Gasteiger partial charge on any atom is 0.255 e. The zero-order valence-corrected chi connectivity index (χ0v) is 16.1. The Labute approximate surface area is 163 Å². The Morgan fingerprint density at radius 2 is 1.86 bits per heavy atom. The third-order valence-corrected chi connectivity index (χ3v) is 5.74. The summed E-state index contributed by atoms with van der Waals surface area (Å²) in [6, 6.07) is 7.00. The number of rotatable bonds is 3. The van der Waals surface area contributed by atoms with Gasteiger partial charge < -0.3 is 24.1 Å². The third-order valence-electron chi connectivity index (χ3n) is 5.74. The van der Waals surface area contributed by atoms with Crippen molar-refractivity contribution >= 4 is 5.91 Å². The van der Waals surface area contributed by atoms with Crippen molar-refractivity contribution in [2.24, 2.45) is 0 Å². The van der Waals surface area contributed by atoms with Crippen molar-refractivity contribution in [3.63, 3.8) is 0 Å². The molecule has 1 amide bonds. The zero-order valence-electron chi connectivity index (χ0n) is 16.1. The first-order chi connectivity index (χ1) is 13.6. The average molecular weight is 384 g/mol. The molecule has 2 aromatic rings. The van der Waals surface area contributed by atoms with Crippen LogP contribution in [0.3, 0.4) is 0 Å². The number of fused-ring (bicyclic) bond motifs is 2. The number of piperidine rings is 1. The summed E-state index contributed by atoms with van der Waals surface area (Å²) in [6.07, 6.45) is 3.73. The molecule has 0 saturated carbocycles. The van der Waals surface area contributed by atoms with Gasteiger partial charge in [-0.3, -0.25) is 9.59 Å². The second-order valence-electron chi connectivity index (χ2n) is 7.19. The van der Waals surface area contributed by atoms with Crippen molar-refractivity contribution in [1.82, 2.24) is 9.88 Å². The predicted molar refractivity (Wildman–Crippen MR) is 103 cm³/mol. The number of aromatic nitrogens is 1. The van der Waals surface area contributed by atoms with Gasteiger partial charge in [-0.1, -0.05) is 0 Å². The van der Waals surface area contributed by atoms with Crippen LogP contribution in [0.2, 0.25) is 0 Å². The standard InChI is InChI=1S/C21H24N2O5/c1-26-17-11-14-5-10-28-21(16(14)12-18(17)27-2)6-8-23(9-7-21)20(25)15-3-4-19(24)22-13-15/h3-4,11-13H,5-10H2,1-2H3,(H,22,24). The molecule has 7 heteroatoms. The zero-order chi connectivity index (χ0) is 19.7. The quantitative estimate of drug-likeness (QED) is 0.877. The smallest absolute Gasteiger partial charge is 0.255 e. The van der Waals surface area contributed by atoms with E-state index in [0.717, 1.165) is 17.7 Å². The lowest BCUT2D eigenvalue weighted by Gasteiger charge is -2.45. The fourth-order valence-electron chi connectivity index (χ4n) is 4.20. The first-order valence-electron chi connectivity index (χ1n) is 9.44. The average Bonchev–Trinajstić information content (AvgIpc) is 2.74. The molecule has 28 heavy (non-hydrogen) atoms. The number of hydrogen-bond acceptors (Lipinski definition) is 5. The van der Waals surface area contributed by atoms with Gasteiger partial charge >= 0.3 is 0 Å². The highest BCUT2D eigenvalue weighted by Crippen LogP contribution is 2.45. The van der Waals surface area contributed by atoms with E-state index in [1.54, 1.807) is 20.3 Å². The molecule has 1 fully saturated rings. The minimum absolute atomic E-state index is 0.0746. The molecule has 1 aromatic carbocycles. The normalized spacial score (nSPS) is 17.9. The van der Waals surface area contributed by atoms with Crippen LogP contribution in [0.1, 0.15) is 34.3 Å². The summed E-state index contributed by atoms with van der Waals surface area (Å²) >= 11 is 0. The van der Waals surface area contributed by atoms with E-state index in [1.165, 1.54) is 17.8 Å². The van der Waals surface area contributed by atoms with Crippen LogP contribution in [0.25, 0.3) is 0 Å². The molecule has 1 spiro atoms. The number of aromatic amines is 1. The molecule has 3 heterocycles. The molecule has 2 aliphatic rings. The van der Waals surface area contributed by atoms with Crippen LogP contribution in [-0.4, -0.2) is 49.7 Å². The van der Waals surface area contributed by atoms with Crippen molar-refractivity contribution in [3.05, 3.63) is 57.5 Å². The van der Waals surface area contributed by atoms with Crippen molar-refractivity contribution in [1.29, 1.82) is 0 Å². The van der Waals surface area contributed by atoms with E-state index >= 15 is 0 Å². The Morgan fingerprint density at radius 3 is 2.50 bits per heavy atom. The van der Waals surface area contributed by atoms with Gasteiger partial charge in [0.15, 0.2) is 11.5 Å². The number of amides is 1. The van der Waals surface area contributed by atoms with Crippen LogP contribution >= 0.6 is 0 Å². The summed E-state index contributed by atoms with van der Waals surface area (Å²) in [5.74, 6) is 1.34. The number of carbonyl (C=O) groups excluding carboxylic acids is 1. The lowest BCUT2D eigenvalue weighted by Crippen LogP contribution is -2.48. The number of H-pyrrole nitrogens is 1. The summed E-state index contributed by atoms with van der Waals surface area (Å²) < 4.78 is 17.2. The molecule has 2 aliphatic heterocycles. The van der Waals surface area contributed by atoms with Crippen LogP contribution in [0.5, 0.6) is 11.5 Å². The Morgan fingerprint density at radius 1 is 1.14 bits per heavy atom. The van der Waals surface area contributed by atoms with E-state index in [-0.39, 0.29) is 11.5 Å². The Kier molecular flexibility index (Phi) is 4.85. The Bertz CT molecular complexity index is 924. The second-order valence-corrected chi connectivity index (χ2v) is 7.19. The monoisotopic (exact) mass is 384 g/mol. The summed E-state index contributed by atoms with van der Waals surface area (Å²) in [4.78, 5) is 28.3. The largest absolute Gasteiger partial charge is 0.493 e. The van der Waals surface area contributed by atoms with Crippen molar-refractivity contribution in [2.75, 3.05) is 33.9 Å². The molecule has 148 valence electrons. The maximum atomic E-state index is 12.7. The first-order valence-corrected chi connectivity index (χ1v) is 9.44. The van der Waals surface area contributed by atoms with Crippen molar-refractivity contribution in [3.8, 4) is 11.5 Å². The van der Waals surface area contributed by atoms with E-state index in [0.29, 0.717) is 43.9 Å². The van der Waals surface area contributed by atoms with E-state index in [9.17, 15) is 9.59 Å². The number of ether oxygens (including phenoxy) is 3. The van der Waals surface area contributed by atoms with Gasteiger partial charge in [0.2, 0.25) is 5.56 Å². The molecule has 0 aliphatic carbocycles. The second kappa shape index (κ2) is 7.31. The SMILES string of the molecule is COc1cc2c(cc1OC)C1(CCN(C(=O)c3ccc(=O)[nH]c3)CC1)OCC2. The van der Waals surface area contributed by atoms with E-state index in [4.69, 9.17) is 14.2 Å². The maximum absolute atomic E-state index is 12.7. The van der Waals surface area contributed by atoms with Gasteiger partial charge in [0, 0.05) is 25.4 Å². The Hall–Kier alpha value is -2.80. The number of likely N-dealkylation sites (tertiary alicyclic amines) is 1. The molecule has 0 bridgehead atoms. The van der Waals surface area contributed by atoms with Crippen LogP contribution < -0.4 is 15.0 Å². The number of carbonyl (C=O) groups is 1. The van der Waals surface area contributed by atoms with Gasteiger partial charge in [-0.05, 0) is 48.6 Å². The highest BCUT2D eigenvalue weighted by Gasteiger charge is 2.42. The van der Waals surface area contributed by atoms with Gasteiger partial charge in [0.1, 0.15) is 0 Å². The van der Waals surface area contributed by atoms with Crippen LogP contribution in [-0.2, 0) is 16.8 Å². The van der Waals surface area contributed by atoms with Gasteiger partial charge in [0.05, 0.1) is 32.0 Å². The number of methoxy groups -OCH3 is 2. The summed E-state index contributed by atoms with van der Waals surface area (Å²) in [5, 5.41) is 0. The van der Waals surface area contributed by atoms with E-state index in [2.05, 4.69) is 4.98 Å². The summed E-state index contributed by atoms with van der Waals surface area (Å²) in [5.41, 5.74) is 2.21. The minimum Gasteiger partial charge on any atom is -0.493 e. The van der Waals surface area contributed by atoms with E-state index in [1.807, 2.05) is 17.0 Å².